The number of benzene rings is 1. The first-order valence-electron chi connectivity index (χ1n) is 6.52. The monoisotopic (exact) mass is 218 g/mol. The molecule has 0 aliphatic heterocycles. The molecule has 1 heteroatoms. The molecule has 0 radical (unpaired) electrons. The second kappa shape index (κ2) is 6.05. The van der Waals surface area contributed by atoms with Gasteiger partial charge in [-0.25, -0.2) is 0 Å². The Morgan fingerprint density at radius 1 is 1.19 bits per heavy atom. The lowest BCUT2D eigenvalue weighted by Gasteiger charge is -2.16. The van der Waals surface area contributed by atoms with Crippen LogP contribution in [0.4, 0.5) is 0 Å². The highest BCUT2D eigenvalue weighted by Gasteiger charge is 2.23. The lowest BCUT2D eigenvalue weighted by atomic mass is 10.1. The summed E-state index contributed by atoms with van der Waals surface area (Å²) >= 11 is 0. The Kier molecular flexibility index (Phi) is 4.41. The minimum absolute atomic E-state index is 0.538. The Morgan fingerprint density at radius 2 is 2.00 bits per heavy atom. The molecule has 1 nitrogen and oxygen atoms in total. The van der Waals surface area contributed by atoms with Crippen LogP contribution in [0.25, 0.3) is 0 Å². The van der Waals surface area contributed by atoms with Crippen molar-refractivity contribution >= 4 is 0 Å². The molecule has 0 amide bonds. The van der Waals surface area contributed by atoms with Crippen molar-refractivity contribution in [2.75, 3.05) is 6.61 Å². The molecular formula is C15H22O. The van der Waals surface area contributed by atoms with Crippen molar-refractivity contribution in [1.29, 1.82) is 0 Å². The molecule has 1 aromatic carbocycles. The van der Waals surface area contributed by atoms with Gasteiger partial charge in [-0.15, -0.1) is 0 Å². The Hall–Kier alpha value is -0.820. The summed E-state index contributed by atoms with van der Waals surface area (Å²) in [5.41, 5.74) is 1.42. The molecule has 88 valence electrons. The van der Waals surface area contributed by atoms with Crippen LogP contribution in [0.1, 0.15) is 38.2 Å². The normalized spacial score (nSPS) is 24.8. The quantitative estimate of drug-likeness (QED) is 0.683. The van der Waals surface area contributed by atoms with Crippen molar-refractivity contribution < 1.29 is 4.74 Å². The van der Waals surface area contributed by atoms with E-state index in [0.29, 0.717) is 6.10 Å². The molecule has 2 unspecified atom stereocenters. The average molecular weight is 218 g/mol. The predicted octanol–water partition coefficient (Wildman–Crippen LogP) is 3.82. The summed E-state index contributed by atoms with van der Waals surface area (Å²) in [6.07, 6.45) is 6.80. The van der Waals surface area contributed by atoms with Crippen LogP contribution in [-0.4, -0.2) is 12.7 Å². The summed E-state index contributed by atoms with van der Waals surface area (Å²) in [6, 6.07) is 10.7. The zero-order valence-corrected chi connectivity index (χ0v) is 10.2. The molecule has 1 saturated carbocycles. The Labute approximate surface area is 98.8 Å². The Bertz CT molecular complexity index is 294. The van der Waals surface area contributed by atoms with E-state index in [0.717, 1.165) is 25.4 Å². The van der Waals surface area contributed by atoms with E-state index in [1.807, 2.05) is 0 Å². The van der Waals surface area contributed by atoms with Gasteiger partial charge in [-0.05, 0) is 37.2 Å². The molecule has 2 atom stereocenters. The van der Waals surface area contributed by atoms with E-state index in [2.05, 4.69) is 37.3 Å². The lowest BCUT2D eigenvalue weighted by Crippen LogP contribution is -2.16. The molecule has 1 aliphatic rings. The molecule has 0 saturated heterocycles. The Morgan fingerprint density at radius 3 is 2.69 bits per heavy atom. The molecule has 0 N–H and O–H groups in total. The highest BCUT2D eigenvalue weighted by atomic mass is 16.5. The standard InChI is InChI=1S/C15H22O/c1-13-7-5-11-15(13)16-12-6-10-14-8-3-2-4-9-14/h2-4,8-9,13,15H,5-7,10-12H2,1H3. The largest absolute Gasteiger partial charge is 0.378 e. The predicted molar refractivity (Wildman–Crippen MR) is 67.5 cm³/mol. The van der Waals surface area contributed by atoms with E-state index in [1.165, 1.54) is 24.8 Å². The van der Waals surface area contributed by atoms with E-state index in [4.69, 9.17) is 4.74 Å². The Balaban J connectivity index is 1.62. The number of hydrogen-bond donors (Lipinski definition) is 0. The minimum atomic E-state index is 0.538. The summed E-state index contributed by atoms with van der Waals surface area (Å²) in [5, 5.41) is 0. The van der Waals surface area contributed by atoms with Crippen LogP contribution in [0.3, 0.4) is 0 Å². The molecule has 0 bridgehead atoms. The van der Waals surface area contributed by atoms with Gasteiger partial charge >= 0.3 is 0 Å². The fraction of sp³-hybridized carbons (Fsp3) is 0.600. The SMILES string of the molecule is CC1CCCC1OCCCc1ccccc1. The van der Waals surface area contributed by atoms with Gasteiger partial charge in [0.25, 0.3) is 0 Å². The third kappa shape index (κ3) is 3.34. The third-order valence-electron chi connectivity index (χ3n) is 3.57. The fourth-order valence-electron chi connectivity index (χ4n) is 2.51. The minimum Gasteiger partial charge on any atom is -0.378 e. The highest BCUT2D eigenvalue weighted by Crippen LogP contribution is 2.27. The van der Waals surface area contributed by atoms with Gasteiger partial charge in [-0.1, -0.05) is 43.7 Å². The smallest absolute Gasteiger partial charge is 0.0600 e. The van der Waals surface area contributed by atoms with Crippen molar-refractivity contribution in [2.24, 2.45) is 5.92 Å². The maximum atomic E-state index is 5.94. The summed E-state index contributed by atoms with van der Waals surface area (Å²) < 4.78 is 5.94. The van der Waals surface area contributed by atoms with Crippen molar-refractivity contribution in [3.63, 3.8) is 0 Å². The zero-order chi connectivity index (χ0) is 11.2. The molecule has 1 aliphatic carbocycles. The molecule has 0 spiro atoms. The van der Waals surface area contributed by atoms with Gasteiger partial charge in [0.15, 0.2) is 0 Å². The highest BCUT2D eigenvalue weighted by molar-refractivity contribution is 5.14. The van der Waals surface area contributed by atoms with E-state index >= 15 is 0 Å². The van der Waals surface area contributed by atoms with Gasteiger partial charge in [-0.3, -0.25) is 0 Å². The van der Waals surface area contributed by atoms with E-state index in [1.54, 1.807) is 0 Å². The van der Waals surface area contributed by atoms with Gasteiger partial charge in [0.05, 0.1) is 6.10 Å². The fourth-order valence-corrected chi connectivity index (χ4v) is 2.51. The first-order valence-corrected chi connectivity index (χ1v) is 6.52. The van der Waals surface area contributed by atoms with Crippen LogP contribution in [0.5, 0.6) is 0 Å². The van der Waals surface area contributed by atoms with Crippen LogP contribution in [0.2, 0.25) is 0 Å². The van der Waals surface area contributed by atoms with Crippen LogP contribution in [0.15, 0.2) is 30.3 Å². The first kappa shape index (κ1) is 11.7. The maximum absolute atomic E-state index is 5.94. The van der Waals surface area contributed by atoms with Gasteiger partial charge in [-0.2, -0.15) is 0 Å². The first-order chi connectivity index (χ1) is 7.86. The van der Waals surface area contributed by atoms with Crippen molar-refractivity contribution in [3.05, 3.63) is 35.9 Å². The topological polar surface area (TPSA) is 9.23 Å². The third-order valence-corrected chi connectivity index (χ3v) is 3.57. The molecule has 2 rings (SSSR count). The summed E-state index contributed by atoms with van der Waals surface area (Å²) in [5.74, 6) is 0.775. The molecule has 1 fully saturated rings. The molecule has 16 heavy (non-hydrogen) atoms. The summed E-state index contributed by atoms with van der Waals surface area (Å²) in [6.45, 7) is 3.23. The van der Waals surface area contributed by atoms with Gasteiger partial charge in [0, 0.05) is 6.61 Å². The summed E-state index contributed by atoms with van der Waals surface area (Å²) in [4.78, 5) is 0. The van der Waals surface area contributed by atoms with Crippen molar-refractivity contribution in [1.82, 2.24) is 0 Å². The number of aryl methyl sites for hydroxylation is 1. The summed E-state index contributed by atoms with van der Waals surface area (Å²) in [7, 11) is 0. The van der Waals surface area contributed by atoms with Crippen LogP contribution >= 0.6 is 0 Å². The molecular weight excluding hydrogens is 196 g/mol. The van der Waals surface area contributed by atoms with E-state index < -0.39 is 0 Å². The van der Waals surface area contributed by atoms with E-state index in [-0.39, 0.29) is 0 Å². The van der Waals surface area contributed by atoms with E-state index in [9.17, 15) is 0 Å². The number of rotatable bonds is 5. The second-order valence-electron chi connectivity index (χ2n) is 4.91. The van der Waals surface area contributed by atoms with Crippen molar-refractivity contribution in [3.8, 4) is 0 Å². The molecule has 0 aromatic heterocycles. The average Bonchev–Trinajstić information content (AvgIpc) is 2.72. The zero-order valence-electron chi connectivity index (χ0n) is 10.2. The van der Waals surface area contributed by atoms with Crippen molar-refractivity contribution in [2.45, 2.75) is 45.1 Å². The maximum Gasteiger partial charge on any atom is 0.0600 e. The van der Waals surface area contributed by atoms with Crippen LogP contribution in [0, 0.1) is 5.92 Å². The molecule has 0 heterocycles. The van der Waals surface area contributed by atoms with Gasteiger partial charge in [0.2, 0.25) is 0 Å². The van der Waals surface area contributed by atoms with Crippen LogP contribution < -0.4 is 0 Å². The number of hydrogen-bond acceptors (Lipinski definition) is 1. The van der Waals surface area contributed by atoms with Gasteiger partial charge < -0.3 is 4.74 Å². The second-order valence-corrected chi connectivity index (χ2v) is 4.91. The van der Waals surface area contributed by atoms with Gasteiger partial charge in [0.1, 0.15) is 0 Å². The van der Waals surface area contributed by atoms with Crippen LogP contribution in [-0.2, 0) is 11.2 Å². The number of ether oxygens (including phenoxy) is 1. The lowest BCUT2D eigenvalue weighted by molar-refractivity contribution is 0.0314. The molecule has 1 aromatic rings.